The number of aromatic carboxylic acids is 1. The molecular weight excluding hydrogens is 1360 g/mol. The highest BCUT2D eigenvalue weighted by atomic mass is 35.5. The van der Waals surface area contributed by atoms with Crippen molar-refractivity contribution in [3.05, 3.63) is 231 Å². The van der Waals surface area contributed by atoms with Gasteiger partial charge in [-0.3, -0.25) is 20.7 Å². The fourth-order valence-electron chi connectivity index (χ4n) is 8.28. The van der Waals surface area contributed by atoms with E-state index in [2.05, 4.69) is 55.0 Å². The first-order valence-corrected chi connectivity index (χ1v) is 29.5. The van der Waals surface area contributed by atoms with Crippen molar-refractivity contribution < 1.29 is 36.8 Å². The van der Waals surface area contributed by atoms with Crippen molar-refractivity contribution in [3.63, 3.8) is 0 Å². The third-order valence-electron chi connectivity index (χ3n) is 12.8. The number of halogens is 5. The first-order valence-electron chi connectivity index (χ1n) is 27.6. The van der Waals surface area contributed by atoms with Crippen LogP contribution in [0.3, 0.4) is 0 Å². The zero-order valence-electron chi connectivity index (χ0n) is 49.9. The normalized spacial score (nSPS) is 10.4. The number of furan rings is 5. The standard InChI is InChI=1S/C14H10ClN5O.C13H8ClN5O.C12H9ClN4O.C7H8ClN3O.C7H6ClNO2.C5H6N2O.C5H3NO/c1-16-14-17-10-5-4-8(15)7-9(10)13-18-12(19-20(13)14)11-3-2-6-21-11;14-7-3-4-9-8(6-7)12-17-11(10-2-1-5-20-10)18-19(12)13(15)16-9;13-7-3-4-9(14)8(6-7)11-15-12(17-16-11)10-2-1-5-18-10;8-4-1-2-6(9)5(3-4)7(12)11-10;8-4-1-2-6(9)5(3-4)7(10)11;6-5(7)4-2-1-3-8-4;6-4-5-2-1-3-7-5/h2-7H,1H3,(H,16,17);1-6H,(H2,15,16);1-6H,14H2,(H,15,16,17);1-3H,9-10H2,(H,11,12);1-3H,9H2,(H,10,11);1-3H,(H3,6,7);1-3H. The van der Waals surface area contributed by atoms with Crippen molar-refractivity contribution in [2.45, 2.75) is 0 Å². The first-order chi connectivity index (χ1) is 46.7. The molecule has 10 heterocycles. The number of aromatic nitrogens is 11. The Morgan fingerprint density at radius 1 is 0.567 bits per heavy atom. The number of anilines is 5. The van der Waals surface area contributed by atoms with Gasteiger partial charge in [0.15, 0.2) is 51.8 Å². The Morgan fingerprint density at radius 3 is 1.54 bits per heavy atom. The molecule has 0 saturated heterocycles. The molecule has 34 heteroatoms. The molecule has 0 radical (unpaired) electrons. The molecular formula is C63H50Cl5N21O8. The van der Waals surface area contributed by atoms with Crippen molar-refractivity contribution in [3.8, 4) is 52.2 Å². The van der Waals surface area contributed by atoms with Crippen LogP contribution in [0.25, 0.3) is 79.2 Å². The molecule has 490 valence electrons. The van der Waals surface area contributed by atoms with Gasteiger partial charge in [-0.25, -0.2) is 35.6 Å². The molecule has 5 aromatic carbocycles. The highest BCUT2D eigenvalue weighted by Gasteiger charge is 2.18. The third kappa shape index (κ3) is 17.4. The van der Waals surface area contributed by atoms with Crippen LogP contribution in [-0.4, -0.2) is 84.2 Å². The summed E-state index contributed by atoms with van der Waals surface area (Å²) in [6, 6.07) is 44.2. The second-order valence-electron chi connectivity index (χ2n) is 19.2. The minimum Gasteiger partial charge on any atom is -0.478 e. The van der Waals surface area contributed by atoms with E-state index in [9.17, 15) is 9.59 Å². The number of carboxylic acids is 1. The maximum atomic E-state index is 11.0. The number of carbonyl (C=O) groups is 2. The van der Waals surface area contributed by atoms with Gasteiger partial charge < -0.3 is 61.2 Å². The number of nitrogen functional groups attached to an aromatic ring is 6. The van der Waals surface area contributed by atoms with E-state index in [1.807, 2.05) is 29.7 Å². The van der Waals surface area contributed by atoms with Crippen LogP contribution in [-0.2, 0) is 0 Å². The van der Waals surface area contributed by atoms with E-state index in [0.717, 1.165) is 21.8 Å². The maximum absolute atomic E-state index is 11.0. The van der Waals surface area contributed by atoms with Gasteiger partial charge in [0.2, 0.25) is 29.3 Å². The number of aromatic amines is 1. The largest absolute Gasteiger partial charge is 0.478 e. The minimum atomic E-state index is -1.06. The van der Waals surface area contributed by atoms with E-state index in [4.69, 9.17) is 126 Å². The Morgan fingerprint density at radius 2 is 1.05 bits per heavy atom. The smallest absolute Gasteiger partial charge is 0.337 e. The molecule has 15 aromatic rings. The van der Waals surface area contributed by atoms with Gasteiger partial charge in [0.05, 0.1) is 53.5 Å². The van der Waals surface area contributed by atoms with Gasteiger partial charge in [-0.2, -0.15) is 19.4 Å². The van der Waals surface area contributed by atoms with Crippen LogP contribution < -0.4 is 45.3 Å². The number of hydrazine groups is 1. The molecule has 17 N–H and O–H groups in total. The number of benzene rings is 5. The number of carbonyl (C=O) groups excluding carboxylic acids is 1. The number of rotatable bonds is 8. The van der Waals surface area contributed by atoms with Gasteiger partial charge in [-0.1, -0.05) is 58.0 Å². The molecule has 0 fully saturated rings. The summed E-state index contributed by atoms with van der Waals surface area (Å²) in [5, 5.41) is 46.4. The summed E-state index contributed by atoms with van der Waals surface area (Å²) < 4.78 is 28.4. The van der Waals surface area contributed by atoms with Crippen LogP contribution in [0.5, 0.6) is 0 Å². The monoisotopic (exact) mass is 1400 g/mol. The minimum absolute atomic E-state index is 0.0324. The average Bonchev–Trinajstić information content (AvgIpc) is 1.66. The number of nitrogens with two attached hydrogens (primary N) is 6. The van der Waals surface area contributed by atoms with Crippen LogP contribution in [0, 0.1) is 16.7 Å². The van der Waals surface area contributed by atoms with E-state index in [0.29, 0.717) is 111 Å². The molecule has 15 rings (SSSR count). The van der Waals surface area contributed by atoms with Crippen LogP contribution in [0.1, 0.15) is 32.2 Å². The quantitative estimate of drug-likeness (QED) is 0.0168. The topological polar surface area (TPSA) is 476 Å². The molecule has 0 unspecified atom stereocenters. The van der Waals surface area contributed by atoms with Crippen LogP contribution >= 0.6 is 58.0 Å². The van der Waals surface area contributed by atoms with Crippen molar-refractivity contribution in [1.82, 2.24) is 59.8 Å². The number of H-pyrrole nitrogens is 1. The summed E-state index contributed by atoms with van der Waals surface area (Å²) in [5.74, 6) is 8.82. The molecule has 0 saturated carbocycles. The van der Waals surface area contributed by atoms with Gasteiger partial charge in [-0.05, 0) is 152 Å². The summed E-state index contributed by atoms with van der Waals surface area (Å²) in [4.78, 5) is 43.6. The number of nitrogens with one attached hydrogen (secondary N) is 4. The van der Waals surface area contributed by atoms with Crippen LogP contribution in [0.15, 0.2) is 205 Å². The van der Waals surface area contributed by atoms with E-state index in [1.165, 1.54) is 35.2 Å². The molecule has 0 spiro atoms. The number of carboxylic acid groups (broad SMARTS) is 1. The molecule has 97 heavy (non-hydrogen) atoms. The Labute approximate surface area is 571 Å². The molecule has 0 aliphatic rings. The number of amidine groups is 1. The lowest BCUT2D eigenvalue weighted by Crippen LogP contribution is -2.30. The highest BCUT2D eigenvalue weighted by molar-refractivity contribution is 6.32. The molecule has 0 aliphatic carbocycles. The van der Waals surface area contributed by atoms with E-state index in [-0.39, 0.29) is 28.6 Å². The molecule has 29 nitrogen and oxygen atoms in total. The Balaban J connectivity index is 0.000000137. The summed E-state index contributed by atoms with van der Waals surface area (Å²) in [6.45, 7) is 0. The number of nitriles is 1. The molecule has 0 aliphatic heterocycles. The zero-order chi connectivity index (χ0) is 69.3. The van der Waals surface area contributed by atoms with Gasteiger partial charge >= 0.3 is 5.97 Å². The fourth-order valence-corrected chi connectivity index (χ4v) is 9.14. The SMILES string of the molecule is CNc1nc2ccc(Cl)cc2c2nc(-c3ccco3)nn12.N#Cc1ccco1.N=C(N)c1ccco1.NNC(=O)c1cc(Cl)ccc1N.Nc1ccc(Cl)cc1-c1n[nH]c(-c2ccco2)n1.Nc1ccc(Cl)cc1C(=O)O.Nc1nc2ccc(Cl)cc2c2nc(-c3ccco3)nn12. The Kier molecular flexibility index (Phi) is 22.7. The first kappa shape index (κ1) is 68.9. The number of nitrogens with zero attached hydrogens (tertiary/aromatic N) is 11. The maximum Gasteiger partial charge on any atom is 0.337 e. The zero-order valence-corrected chi connectivity index (χ0v) is 53.7. The predicted molar refractivity (Wildman–Crippen MR) is 368 cm³/mol. The van der Waals surface area contributed by atoms with Gasteiger partial charge in [0, 0.05) is 65.6 Å². The average molecular weight is 1410 g/mol. The number of hydrogen-bond acceptors (Lipinski definition) is 23. The lowest BCUT2D eigenvalue weighted by Gasteiger charge is -2.05. The summed E-state index contributed by atoms with van der Waals surface area (Å²) >= 11 is 29.2. The van der Waals surface area contributed by atoms with Crippen LogP contribution in [0.4, 0.5) is 29.0 Å². The fraction of sp³-hybridized carbons (Fsp3) is 0.0159. The number of fused-ring (bicyclic) bond motifs is 6. The predicted octanol–water partition coefficient (Wildman–Crippen LogP) is 12.8. The second kappa shape index (κ2) is 31.9. The molecule has 1 amide bonds. The Bertz CT molecular complexity index is 5210. The van der Waals surface area contributed by atoms with Crippen LogP contribution in [0.2, 0.25) is 25.1 Å². The molecule has 0 atom stereocenters. The van der Waals surface area contributed by atoms with Gasteiger partial charge in [0.1, 0.15) is 6.07 Å². The van der Waals surface area contributed by atoms with Gasteiger partial charge in [-0.15, -0.1) is 10.2 Å². The van der Waals surface area contributed by atoms with E-state index >= 15 is 0 Å². The lowest BCUT2D eigenvalue weighted by molar-refractivity contribution is 0.0697. The second-order valence-corrected chi connectivity index (χ2v) is 21.4. The Hall–Kier alpha value is -12.4. The highest BCUT2D eigenvalue weighted by Crippen LogP contribution is 2.30. The molecule has 10 aromatic heterocycles. The number of amides is 1. The van der Waals surface area contributed by atoms with Crippen molar-refractivity contribution in [2.75, 3.05) is 35.3 Å². The molecule has 0 bridgehead atoms. The van der Waals surface area contributed by atoms with Crippen molar-refractivity contribution >= 4 is 138 Å². The van der Waals surface area contributed by atoms with Gasteiger partial charge in [0.25, 0.3) is 5.91 Å². The van der Waals surface area contributed by atoms with Crippen molar-refractivity contribution in [1.29, 1.82) is 10.7 Å². The summed E-state index contributed by atoms with van der Waals surface area (Å²) in [6.07, 6.45) is 7.69. The summed E-state index contributed by atoms with van der Waals surface area (Å²) in [5.41, 5.74) is 34.6. The van der Waals surface area contributed by atoms with E-state index in [1.54, 1.807) is 146 Å². The number of hydrogen-bond donors (Lipinski definition) is 11. The third-order valence-corrected chi connectivity index (χ3v) is 13.9. The van der Waals surface area contributed by atoms with Crippen molar-refractivity contribution in [2.24, 2.45) is 11.6 Å². The lowest BCUT2D eigenvalue weighted by atomic mass is 10.2. The summed E-state index contributed by atoms with van der Waals surface area (Å²) in [7, 11) is 1.79. The van der Waals surface area contributed by atoms with E-state index < -0.39 is 11.9 Å².